The van der Waals surface area contributed by atoms with Gasteiger partial charge in [0.15, 0.2) is 0 Å². The molecular formula is C23H29N3O4S. The molecule has 0 aliphatic carbocycles. The van der Waals surface area contributed by atoms with Crippen LogP contribution in [-0.2, 0) is 21.4 Å². The SMILES string of the molecule is CC(=O)N1CC(C)Oc2ccc(S(=O)(=O)NC3CCN(Cc4ccccc4)CC3)cc21. The van der Waals surface area contributed by atoms with E-state index in [1.807, 2.05) is 25.1 Å². The highest BCUT2D eigenvalue weighted by atomic mass is 32.2. The highest BCUT2D eigenvalue weighted by Gasteiger charge is 2.29. The number of amides is 1. The maximum absolute atomic E-state index is 13.0. The number of carbonyl (C=O) groups is 1. The molecule has 2 aliphatic rings. The van der Waals surface area contributed by atoms with Crippen molar-refractivity contribution in [3.8, 4) is 5.75 Å². The summed E-state index contributed by atoms with van der Waals surface area (Å²) in [6.07, 6.45) is 1.38. The van der Waals surface area contributed by atoms with Gasteiger partial charge in [-0.15, -0.1) is 0 Å². The van der Waals surface area contributed by atoms with Crippen LogP contribution in [0.5, 0.6) is 5.75 Å². The second kappa shape index (κ2) is 8.98. The van der Waals surface area contributed by atoms with E-state index >= 15 is 0 Å². The van der Waals surface area contributed by atoms with E-state index in [1.54, 1.807) is 17.0 Å². The van der Waals surface area contributed by atoms with Crippen LogP contribution in [0.1, 0.15) is 32.3 Å². The maximum Gasteiger partial charge on any atom is 0.240 e. The van der Waals surface area contributed by atoms with Gasteiger partial charge in [0.05, 0.1) is 17.1 Å². The molecule has 8 heteroatoms. The average molecular weight is 444 g/mol. The van der Waals surface area contributed by atoms with E-state index < -0.39 is 10.0 Å². The Hall–Kier alpha value is -2.42. The molecule has 0 bridgehead atoms. The summed E-state index contributed by atoms with van der Waals surface area (Å²) < 4.78 is 34.7. The van der Waals surface area contributed by atoms with Gasteiger partial charge in [-0.2, -0.15) is 0 Å². The van der Waals surface area contributed by atoms with Gasteiger partial charge in [0, 0.05) is 32.6 Å². The molecule has 2 aliphatic heterocycles. The lowest BCUT2D eigenvalue weighted by Gasteiger charge is -2.33. The summed E-state index contributed by atoms with van der Waals surface area (Å²) in [6.45, 7) is 6.33. The van der Waals surface area contributed by atoms with E-state index in [0.29, 0.717) is 18.0 Å². The second-order valence-electron chi connectivity index (χ2n) is 8.34. The summed E-state index contributed by atoms with van der Waals surface area (Å²) in [4.78, 5) is 16.1. The van der Waals surface area contributed by atoms with E-state index in [9.17, 15) is 13.2 Å². The minimum Gasteiger partial charge on any atom is -0.487 e. The summed E-state index contributed by atoms with van der Waals surface area (Å²) in [5.74, 6) is 0.395. The summed E-state index contributed by atoms with van der Waals surface area (Å²) in [5, 5.41) is 0. The first-order valence-electron chi connectivity index (χ1n) is 10.7. The smallest absolute Gasteiger partial charge is 0.240 e. The number of sulfonamides is 1. The standard InChI is InChI=1S/C23H29N3O4S/c1-17-15-26(18(2)27)22-14-21(8-9-23(22)30-17)31(28,29)24-20-10-12-25(13-11-20)16-19-6-4-3-5-7-19/h3-9,14,17,20,24H,10-13,15-16H2,1-2H3. The van der Waals surface area contributed by atoms with Crippen LogP contribution in [0.25, 0.3) is 0 Å². The fourth-order valence-electron chi connectivity index (χ4n) is 4.22. The average Bonchev–Trinajstić information content (AvgIpc) is 2.74. The van der Waals surface area contributed by atoms with Crippen molar-refractivity contribution in [2.75, 3.05) is 24.5 Å². The van der Waals surface area contributed by atoms with Crippen molar-refractivity contribution < 1.29 is 17.9 Å². The van der Waals surface area contributed by atoms with Crippen molar-refractivity contribution in [2.45, 2.75) is 50.3 Å². The fourth-order valence-corrected chi connectivity index (χ4v) is 5.55. The van der Waals surface area contributed by atoms with E-state index in [1.165, 1.54) is 18.6 Å². The molecule has 31 heavy (non-hydrogen) atoms. The van der Waals surface area contributed by atoms with E-state index in [2.05, 4.69) is 21.8 Å². The topological polar surface area (TPSA) is 78.9 Å². The molecule has 0 saturated carbocycles. The van der Waals surface area contributed by atoms with Crippen molar-refractivity contribution >= 4 is 21.6 Å². The molecule has 2 heterocycles. The number of ether oxygens (including phenoxy) is 1. The Morgan fingerprint density at radius 3 is 2.52 bits per heavy atom. The van der Waals surface area contributed by atoms with Gasteiger partial charge in [-0.05, 0) is 43.5 Å². The van der Waals surface area contributed by atoms with Gasteiger partial charge >= 0.3 is 0 Å². The molecule has 0 radical (unpaired) electrons. The third-order valence-corrected chi connectivity index (χ3v) is 7.36. The molecule has 7 nitrogen and oxygen atoms in total. The summed E-state index contributed by atoms with van der Waals surface area (Å²) >= 11 is 0. The highest BCUT2D eigenvalue weighted by Crippen LogP contribution is 2.35. The van der Waals surface area contributed by atoms with Crippen LogP contribution in [0, 0.1) is 0 Å². The number of fused-ring (bicyclic) bond motifs is 1. The van der Waals surface area contributed by atoms with Gasteiger partial charge in [-0.1, -0.05) is 30.3 Å². The summed E-state index contributed by atoms with van der Waals surface area (Å²) in [6, 6.07) is 14.9. The Kier molecular flexibility index (Phi) is 6.31. The van der Waals surface area contributed by atoms with Crippen LogP contribution in [-0.4, -0.2) is 51.0 Å². The molecule has 2 aromatic carbocycles. The minimum atomic E-state index is -3.69. The number of hydrogen-bond acceptors (Lipinski definition) is 5. The van der Waals surface area contributed by atoms with E-state index in [-0.39, 0.29) is 22.9 Å². The van der Waals surface area contributed by atoms with Crippen LogP contribution in [0.4, 0.5) is 5.69 Å². The number of nitrogens with one attached hydrogen (secondary N) is 1. The van der Waals surface area contributed by atoms with Gasteiger partial charge < -0.3 is 9.64 Å². The zero-order chi connectivity index (χ0) is 22.0. The molecule has 0 aromatic heterocycles. The minimum absolute atomic E-state index is 0.103. The van der Waals surface area contributed by atoms with Crippen molar-refractivity contribution in [3.63, 3.8) is 0 Å². The Balaban J connectivity index is 1.42. The quantitative estimate of drug-likeness (QED) is 0.769. The predicted octanol–water partition coefficient (Wildman–Crippen LogP) is 2.76. The van der Waals surface area contributed by atoms with Gasteiger partial charge in [-0.25, -0.2) is 13.1 Å². The normalized spacial score (nSPS) is 20.2. The second-order valence-corrected chi connectivity index (χ2v) is 10.1. The number of likely N-dealkylation sites (tertiary alicyclic amines) is 1. The molecule has 1 N–H and O–H groups in total. The maximum atomic E-state index is 13.0. The first-order valence-corrected chi connectivity index (χ1v) is 12.2. The van der Waals surface area contributed by atoms with Gasteiger partial charge in [0.25, 0.3) is 0 Å². The van der Waals surface area contributed by atoms with Crippen LogP contribution < -0.4 is 14.4 Å². The summed E-state index contributed by atoms with van der Waals surface area (Å²) in [7, 11) is -3.69. The molecular weight excluding hydrogens is 414 g/mol. The Labute approximate surface area is 184 Å². The van der Waals surface area contributed by atoms with Gasteiger partial charge in [0.1, 0.15) is 11.9 Å². The Morgan fingerprint density at radius 1 is 1.13 bits per heavy atom. The predicted molar refractivity (Wildman–Crippen MR) is 120 cm³/mol. The lowest BCUT2D eigenvalue weighted by atomic mass is 10.1. The van der Waals surface area contributed by atoms with Crippen LogP contribution >= 0.6 is 0 Å². The third-order valence-electron chi connectivity index (χ3n) is 5.84. The van der Waals surface area contributed by atoms with Crippen molar-refractivity contribution in [2.24, 2.45) is 0 Å². The fraction of sp³-hybridized carbons (Fsp3) is 0.435. The van der Waals surface area contributed by atoms with Crippen LogP contribution in [0.15, 0.2) is 53.4 Å². The van der Waals surface area contributed by atoms with Gasteiger partial charge in [-0.3, -0.25) is 9.69 Å². The third kappa shape index (κ3) is 5.08. The lowest BCUT2D eigenvalue weighted by molar-refractivity contribution is -0.117. The lowest BCUT2D eigenvalue weighted by Crippen LogP contribution is -2.44. The van der Waals surface area contributed by atoms with Crippen LogP contribution in [0.2, 0.25) is 0 Å². The Bertz CT molecular complexity index is 1030. The Morgan fingerprint density at radius 2 is 1.84 bits per heavy atom. The van der Waals surface area contributed by atoms with Crippen molar-refractivity contribution in [3.05, 3.63) is 54.1 Å². The monoisotopic (exact) mass is 443 g/mol. The number of anilines is 1. The van der Waals surface area contributed by atoms with E-state index in [4.69, 9.17) is 4.74 Å². The van der Waals surface area contributed by atoms with Crippen molar-refractivity contribution in [1.29, 1.82) is 0 Å². The number of rotatable bonds is 5. The molecule has 2 aromatic rings. The first-order chi connectivity index (χ1) is 14.8. The van der Waals surface area contributed by atoms with Gasteiger partial charge in [0.2, 0.25) is 15.9 Å². The number of nitrogens with zero attached hydrogens (tertiary/aromatic N) is 2. The number of hydrogen-bond donors (Lipinski definition) is 1. The van der Waals surface area contributed by atoms with E-state index in [0.717, 1.165) is 32.5 Å². The first kappa shape index (κ1) is 21.8. The highest BCUT2D eigenvalue weighted by molar-refractivity contribution is 7.89. The number of carbonyl (C=O) groups excluding carboxylic acids is 1. The molecule has 1 atom stereocenters. The van der Waals surface area contributed by atoms with Crippen molar-refractivity contribution in [1.82, 2.24) is 9.62 Å². The molecule has 1 fully saturated rings. The molecule has 1 saturated heterocycles. The largest absolute Gasteiger partial charge is 0.487 e. The van der Waals surface area contributed by atoms with Crippen LogP contribution in [0.3, 0.4) is 0 Å². The molecule has 4 rings (SSSR count). The molecule has 1 unspecified atom stereocenters. The zero-order valence-electron chi connectivity index (χ0n) is 18.0. The zero-order valence-corrected chi connectivity index (χ0v) is 18.8. The summed E-state index contributed by atoms with van der Waals surface area (Å²) in [5.41, 5.74) is 1.77. The number of benzene rings is 2. The molecule has 166 valence electrons. The number of piperidine rings is 1. The molecule has 0 spiro atoms. The molecule has 1 amide bonds.